The van der Waals surface area contributed by atoms with Crippen molar-refractivity contribution in [1.82, 2.24) is 10.7 Å². The van der Waals surface area contributed by atoms with Crippen molar-refractivity contribution >= 4 is 5.96 Å². The van der Waals surface area contributed by atoms with E-state index >= 15 is 0 Å². The monoisotopic (exact) mass is 192 g/mol. The molecule has 4 heteroatoms. The lowest BCUT2D eigenvalue weighted by atomic mass is 10.1. The van der Waals surface area contributed by atoms with Crippen molar-refractivity contribution in [2.45, 2.75) is 13.5 Å². The number of nitrogens with zero attached hydrogens (tertiary/aromatic N) is 1. The Morgan fingerprint density at radius 3 is 2.86 bits per heavy atom. The zero-order chi connectivity index (χ0) is 10.4. The number of hydrogen-bond donors (Lipinski definition) is 3. The molecule has 1 aromatic rings. The Kier molecular flexibility index (Phi) is 3.94. The van der Waals surface area contributed by atoms with Gasteiger partial charge in [0.25, 0.3) is 0 Å². The van der Waals surface area contributed by atoms with Crippen molar-refractivity contribution in [2.24, 2.45) is 10.8 Å². The van der Waals surface area contributed by atoms with E-state index in [1.54, 1.807) is 7.05 Å². The van der Waals surface area contributed by atoms with Crippen LogP contribution in [0.25, 0.3) is 0 Å². The van der Waals surface area contributed by atoms with E-state index in [9.17, 15) is 0 Å². The Balaban J connectivity index is 2.53. The molecule has 0 unspecified atom stereocenters. The van der Waals surface area contributed by atoms with Gasteiger partial charge in [-0.25, -0.2) is 5.84 Å². The average molecular weight is 192 g/mol. The number of aryl methyl sites for hydroxylation is 1. The molecule has 0 radical (unpaired) electrons. The van der Waals surface area contributed by atoms with E-state index < -0.39 is 0 Å². The minimum absolute atomic E-state index is 0.589. The fourth-order valence-corrected chi connectivity index (χ4v) is 1.20. The Hall–Kier alpha value is -1.55. The number of hydrazine groups is 1. The van der Waals surface area contributed by atoms with E-state index in [0.29, 0.717) is 5.96 Å². The van der Waals surface area contributed by atoms with Crippen molar-refractivity contribution in [3.63, 3.8) is 0 Å². The second-order valence-corrected chi connectivity index (χ2v) is 3.06. The molecular formula is C10H16N4. The molecule has 0 aromatic heterocycles. The van der Waals surface area contributed by atoms with Gasteiger partial charge in [0.15, 0.2) is 0 Å². The van der Waals surface area contributed by atoms with Crippen molar-refractivity contribution in [2.75, 3.05) is 7.05 Å². The minimum Gasteiger partial charge on any atom is -0.351 e. The van der Waals surface area contributed by atoms with Gasteiger partial charge in [0, 0.05) is 13.6 Å². The third-order valence-electron chi connectivity index (χ3n) is 1.90. The molecule has 1 aromatic carbocycles. The molecule has 0 bridgehead atoms. The van der Waals surface area contributed by atoms with Crippen molar-refractivity contribution < 1.29 is 0 Å². The summed E-state index contributed by atoms with van der Waals surface area (Å²) < 4.78 is 0. The quantitative estimate of drug-likeness (QED) is 0.277. The predicted octanol–water partition coefficient (Wildman–Crippen LogP) is 0.534. The summed E-state index contributed by atoms with van der Waals surface area (Å²) in [6.07, 6.45) is 0. The van der Waals surface area contributed by atoms with Gasteiger partial charge in [-0.1, -0.05) is 29.8 Å². The average Bonchev–Trinajstić information content (AvgIpc) is 2.19. The first-order valence-corrected chi connectivity index (χ1v) is 4.49. The Labute approximate surface area is 84.2 Å². The first-order valence-electron chi connectivity index (χ1n) is 4.49. The molecular weight excluding hydrogens is 176 g/mol. The highest BCUT2D eigenvalue weighted by Gasteiger charge is 1.95. The molecule has 0 fully saturated rings. The normalized spacial score (nSPS) is 11.2. The number of nitrogens with two attached hydrogens (primary N) is 1. The maximum absolute atomic E-state index is 5.23. The van der Waals surface area contributed by atoms with Crippen LogP contribution in [0.3, 0.4) is 0 Å². The number of guanidine groups is 1. The number of rotatable bonds is 2. The van der Waals surface area contributed by atoms with Gasteiger partial charge < -0.3 is 5.32 Å². The van der Waals surface area contributed by atoms with Gasteiger partial charge in [-0.15, -0.1) is 0 Å². The highest BCUT2D eigenvalue weighted by molar-refractivity contribution is 5.78. The molecule has 14 heavy (non-hydrogen) atoms. The van der Waals surface area contributed by atoms with Crippen molar-refractivity contribution in [3.8, 4) is 0 Å². The zero-order valence-electron chi connectivity index (χ0n) is 8.54. The van der Waals surface area contributed by atoms with E-state index in [4.69, 9.17) is 5.84 Å². The van der Waals surface area contributed by atoms with E-state index in [1.165, 1.54) is 11.1 Å². The van der Waals surface area contributed by atoms with Gasteiger partial charge in [0.1, 0.15) is 0 Å². The maximum atomic E-state index is 5.23. The fraction of sp³-hybridized carbons (Fsp3) is 0.300. The molecule has 0 saturated heterocycles. The lowest BCUT2D eigenvalue weighted by Gasteiger charge is -2.08. The summed E-state index contributed by atoms with van der Waals surface area (Å²) in [5.41, 5.74) is 4.94. The predicted molar refractivity (Wildman–Crippen MR) is 58.7 cm³/mol. The minimum atomic E-state index is 0.589. The van der Waals surface area contributed by atoms with Crippen LogP contribution in [0, 0.1) is 6.92 Å². The molecule has 76 valence electrons. The van der Waals surface area contributed by atoms with Gasteiger partial charge in [-0.05, 0) is 12.5 Å². The third-order valence-corrected chi connectivity index (χ3v) is 1.90. The number of nitrogens with one attached hydrogen (secondary N) is 2. The van der Waals surface area contributed by atoms with Crippen LogP contribution in [-0.2, 0) is 6.54 Å². The summed E-state index contributed by atoms with van der Waals surface area (Å²) in [6.45, 7) is 2.79. The highest BCUT2D eigenvalue weighted by atomic mass is 15.3. The summed E-state index contributed by atoms with van der Waals surface area (Å²) >= 11 is 0. The standard InChI is InChI=1S/C10H16N4/c1-8-4-3-5-9(6-8)7-13-10(12-2)14-11/h3-6H,7,11H2,1-2H3,(H2,12,13,14). The second-order valence-electron chi connectivity index (χ2n) is 3.06. The topological polar surface area (TPSA) is 62.4 Å². The van der Waals surface area contributed by atoms with Crippen molar-refractivity contribution in [1.29, 1.82) is 0 Å². The van der Waals surface area contributed by atoms with Gasteiger partial charge in [0.2, 0.25) is 5.96 Å². The third kappa shape index (κ3) is 3.06. The van der Waals surface area contributed by atoms with Crippen molar-refractivity contribution in [3.05, 3.63) is 35.4 Å². The SMILES string of the molecule is CN=C(NN)NCc1cccc(C)c1. The lowest BCUT2D eigenvalue weighted by Crippen LogP contribution is -2.40. The van der Waals surface area contributed by atoms with Crippen LogP contribution >= 0.6 is 0 Å². The van der Waals surface area contributed by atoms with Gasteiger partial charge in [-0.2, -0.15) is 0 Å². The zero-order valence-corrected chi connectivity index (χ0v) is 8.54. The molecule has 4 nitrogen and oxygen atoms in total. The van der Waals surface area contributed by atoms with E-state index in [-0.39, 0.29) is 0 Å². The van der Waals surface area contributed by atoms with Crippen LogP contribution in [0.1, 0.15) is 11.1 Å². The summed E-state index contributed by atoms with van der Waals surface area (Å²) in [7, 11) is 1.68. The van der Waals surface area contributed by atoms with Crippen LogP contribution in [0.5, 0.6) is 0 Å². The molecule has 0 atom stereocenters. The summed E-state index contributed by atoms with van der Waals surface area (Å²) in [5, 5.41) is 3.08. The molecule has 0 aliphatic carbocycles. The number of aliphatic imine (C=N–C) groups is 1. The molecule has 0 amide bonds. The van der Waals surface area contributed by atoms with Crippen LogP contribution in [0.2, 0.25) is 0 Å². The summed E-state index contributed by atoms with van der Waals surface area (Å²) in [4.78, 5) is 3.91. The Morgan fingerprint density at radius 2 is 2.29 bits per heavy atom. The molecule has 1 rings (SSSR count). The fourth-order valence-electron chi connectivity index (χ4n) is 1.20. The van der Waals surface area contributed by atoms with E-state index in [2.05, 4.69) is 40.9 Å². The van der Waals surface area contributed by atoms with Crippen LogP contribution in [-0.4, -0.2) is 13.0 Å². The molecule has 0 saturated carbocycles. The van der Waals surface area contributed by atoms with Crippen LogP contribution in [0.15, 0.2) is 29.3 Å². The van der Waals surface area contributed by atoms with E-state index in [1.807, 2.05) is 6.07 Å². The maximum Gasteiger partial charge on any atom is 0.205 e. The Bertz CT molecular complexity index is 320. The molecule has 0 spiro atoms. The van der Waals surface area contributed by atoms with Crippen LogP contribution < -0.4 is 16.6 Å². The van der Waals surface area contributed by atoms with Gasteiger partial charge >= 0.3 is 0 Å². The largest absolute Gasteiger partial charge is 0.351 e. The van der Waals surface area contributed by atoms with Gasteiger partial charge in [-0.3, -0.25) is 10.4 Å². The number of benzene rings is 1. The first kappa shape index (κ1) is 10.5. The molecule has 4 N–H and O–H groups in total. The first-order chi connectivity index (χ1) is 6.76. The second kappa shape index (κ2) is 5.24. The molecule has 0 heterocycles. The summed E-state index contributed by atoms with van der Waals surface area (Å²) in [5.74, 6) is 5.82. The molecule has 0 aliphatic rings. The lowest BCUT2D eigenvalue weighted by molar-refractivity contribution is 0.839. The van der Waals surface area contributed by atoms with E-state index in [0.717, 1.165) is 6.54 Å². The smallest absolute Gasteiger partial charge is 0.205 e. The summed E-state index contributed by atoms with van der Waals surface area (Å²) in [6, 6.07) is 8.28. The highest BCUT2D eigenvalue weighted by Crippen LogP contribution is 2.02. The molecule has 0 aliphatic heterocycles. The van der Waals surface area contributed by atoms with Crippen LogP contribution in [0.4, 0.5) is 0 Å². The Morgan fingerprint density at radius 1 is 1.50 bits per heavy atom. The number of hydrogen-bond acceptors (Lipinski definition) is 2. The van der Waals surface area contributed by atoms with Gasteiger partial charge in [0.05, 0.1) is 0 Å².